The molecule has 26 heavy (non-hydrogen) atoms. The van der Waals surface area contributed by atoms with Crippen LogP contribution in [0.2, 0.25) is 0 Å². The molecule has 6 nitrogen and oxygen atoms in total. The Bertz CT molecular complexity index is 848. The minimum absolute atomic E-state index is 0.0963. The van der Waals surface area contributed by atoms with E-state index >= 15 is 0 Å². The normalized spacial score (nSPS) is 12.4. The van der Waals surface area contributed by atoms with E-state index in [4.69, 9.17) is 4.74 Å². The van der Waals surface area contributed by atoms with Crippen LogP contribution >= 0.6 is 0 Å². The van der Waals surface area contributed by atoms with Crippen molar-refractivity contribution in [3.05, 3.63) is 59.7 Å². The van der Waals surface area contributed by atoms with E-state index in [1.165, 1.54) is 0 Å². The number of aryl methyl sites for hydroxylation is 2. The molecule has 0 spiro atoms. The monoisotopic (exact) mass is 376 g/mol. The number of amides is 1. The number of carbonyl (C=O) groups excluding carboxylic acids is 1. The van der Waals surface area contributed by atoms with Crippen LogP contribution in [0.5, 0.6) is 5.75 Å². The largest absolute Gasteiger partial charge is 0.481 e. The van der Waals surface area contributed by atoms with Crippen molar-refractivity contribution in [2.75, 3.05) is 13.1 Å². The molecule has 0 aliphatic rings. The van der Waals surface area contributed by atoms with Crippen molar-refractivity contribution in [1.29, 1.82) is 0 Å². The molecule has 0 aromatic heterocycles. The number of hydrogen-bond acceptors (Lipinski definition) is 4. The molecule has 140 valence electrons. The zero-order valence-electron chi connectivity index (χ0n) is 15.2. The van der Waals surface area contributed by atoms with Crippen LogP contribution in [-0.2, 0) is 14.8 Å². The molecule has 1 amide bonds. The summed E-state index contributed by atoms with van der Waals surface area (Å²) in [6.07, 6.45) is -0.675. The Morgan fingerprint density at radius 2 is 1.73 bits per heavy atom. The molecule has 0 bridgehead atoms. The van der Waals surface area contributed by atoms with Crippen LogP contribution in [-0.4, -0.2) is 33.5 Å². The summed E-state index contributed by atoms with van der Waals surface area (Å²) < 4.78 is 32.3. The molecule has 2 aromatic rings. The predicted molar refractivity (Wildman–Crippen MR) is 101 cm³/mol. The van der Waals surface area contributed by atoms with Crippen LogP contribution < -0.4 is 14.8 Å². The Morgan fingerprint density at radius 3 is 2.38 bits per heavy atom. The zero-order valence-corrected chi connectivity index (χ0v) is 16.0. The first-order valence-electron chi connectivity index (χ1n) is 8.35. The lowest BCUT2D eigenvalue weighted by Gasteiger charge is -2.15. The van der Waals surface area contributed by atoms with Crippen LogP contribution in [0.25, 0.3) is 0 Å². The van der Waals surface area contributed by atoms with E-state index in [-0.39, 0.29) is 23.9 Å². The Morgan fingerprint density at radius 1 is 1.04 bits per heavy atom. The fourth-order valence-corrected chi connectivity index (χ4v) is 3.29. The second-order valence-electron chi connectivity index (χ2n) is 6.08. The molecule has 0 radical (unpaired) electrons. The SMILES string of the molecule is Cc1ccc(S(=O)(=O)NCCNC(=O)C(C)Oc2cccc(C)c2)cc1. The summed E-state index contributed by atoms with van der Waals surface area (Å²) in [5, 5.41) is 2.66. The van der Waals surface area contributed by atoms with E-state index in [0.29, 0.717) is 5.75 Å². The van der Waals surface area contributed by atoms with Gasteiger partial charge in [-0.15, -0.1) is 0 Å². The molecule has 0 saturated carbocycles. The summed E-state index contributed by atoms with van der Waals surface area (Å²) >= 11 is 0. The zero-order chi connectivity index (χ0) is 19.2. The lowest BCUT2D eigenvalue weighted by Crippen LogP contribution is -2.40. The van der Waals surface area contributed by atoms with Crippen LogP contribution in [0.1, 0.15) is 18.1 Å². The van der Waals surface area contributed by atoms with Crippen molar-refractivity contribution in [3.63, 3.8) is 0 Å². The van der Waals surface area contributed by atoms with Gasteiger partial charge >= 0.3 is 0 Å². The van der Waals surface area contributed by atoms with Crippen LogP contribution in [0, 0.1) is 13.8 Å². The second-order valence-corrected chi connectivity index (χ2v) is 7.85. The molecule has 1 atom stereocenters. The summed E-state index contributed by atoms with van der Waals surface area (Å²) in [5.74, 6) is 0.314. The molecule has 0 saturated heterocycles. The molecule has 0 fully saturated rings. The fourth-order valence-electron chi connectivity index (χ4n) is 2.26. The molecule has 1 unspecified atom stereocenters. The molecular weight excluding hydrogens is 352 g/mol. The third kappa shape index (κ3) is 5.86. The number of hydrogen-bond donors (Lipinski definition) is 2. The van der Waals surface area contributed by atoms with Gasteiger partial charge in [-0.2, -0.15) is 0 Å². The van der Waals surface area contributed by atoms with Crippen LogP contribution in [0.3, 0.4) is 0 Å². The average Bonchev–Trinajstić information content (AvgIpc) is 2.59. The molecule has 0 aliphatic carbocycles. The second kappa shape index (κ2) is 8.82. The first-order chi connectivity index (χ1) is 12.3. The molecule has 0 aliphatic heterocycles. The van der Waals surface area contributed by atoms with Gasteiger partial charge in [0.15, 0.2) is 6.10 Å². The summed E-state index contributed by atoms with van der Waals surface area (Å²) in [5.41, 5.74) is 2.03. The highest BCUT2D eigenvalue weighted by atomic mass is 32.2. The van der Waals surface area contributed by atoms with E-state index in [1.54, 1.807) is 37.3 Å². The number of nitrogens with one attached hydrogen (secondary N) is 2. The summed E-state index contributed by atoms with van der Waals surface area (Å²) in [6, 6.07) is 14.0. The van der Waals surface area contributed by atoms with Gasteiger partial charge in [0, 0.05) is 13.1 Å². The quantitative estimate of drug-likeness (QED) is 0.692. The van der Waals surface area contributed by atoms with Gasteiger partial charge in [-0.1, -0.05) is 29.8 Å². The van der Waals surface area contributed by atoms with Crippen molar-refractivity contribution >= 4 is 15.9 Å². The molecule has 2 rings (SSSR count). The molecule has 0 heterocycles. The lowest BCUT2D eigenvalue weighted by molar-refractivity contribution is -0.127. The van der Waals surface area contributed by atoms with Gasteiger partial charge in [0.25, 0.3) is 5.91 Å². The van der Waals surface area contributed by atoms with Crippen molar-refractivity contribution in [2.24, 2.45) is 0 Å². The predicted octanol–water partition coefficient (Wildman–Crippen LogP) is 2.17. The number of benzene rings is 2. The first-order valence-corrected chi connectivity index (χ1v) is 9.83. The third-order valence-electron chi connectivity index (χ3n) is 3.72. The van der Waals surface area contributed by atoms with E-state index in [2.05, 4.69) is 10.0 Å². The van der Waals surface area contributed by atoms with E-state index in [1.807, 2.05) is 32.0 Å². The average molecular weight is 376 g/mol. The molecule has 2 aromatic carbocycles. The number of ether oxygens (including phenoxy) is 1. The third-order valence-corrected chi connectivity index (χ3v) is 5.20. The molecule has 2 N–H and O–H groups in total. The van der Waals surface area contributed by atoms with Gasteiger partial charge in [0.1, 0.15) is 5.75 Å². The number of rotatable bonds is 8. The van der Waals surface area contributed by atoms with Crippen molar-refractivity contribution in [2.45, 2.75) is 31.8 Å². The molecule has 7 heteroatoms. The maximum absolute atomic E-state index is 12.1. The summed E-state index contributed by atoms with van der Waals surface area (Å²) in [6.45, 7) is 5.75. The van der Waals surface area contributed by atoms with Crippen molar-refractivity contribution in [1.82, 2.24) is 10.0 Å². The smallest absolute Gasteiger partial charge is 0.260 e. The van der Waals surface area contributed by atoms with Crippen molar-refractivity contribution < 1.29 is 17.9 Å². The van der Waals surface area contributed by atoms with Gasteiger partial charge in [-0.25, -0.2) is 13.1 Å². The van der Waals surface area contributed by atoms with Gasteiger partial charge in [0.05, 0.1) is 4.90 Å². The van der Waals surface area contributed by atoms with Crippen LogP contribution in [0.4, 0.5) is 0 Å². The maximum atomic E-state index is 12.1. The Hall–Kier alpha value is -2.38. The van der Waals surface area contributed by atoms with E-state index < -0.39 is 16.1 Å². The lowest BCUT2D eigenvalue weighted by atomic mass is 10.2. The van der Waals surface area contributed by atoms with Gasteiger partial charge in [-0.05, 0) is 50.6 Å². The van der Waals surface area contributed by atoms with E-state index in [0.717, 1.165) is 11.1 Å². The first kappa shape index (κ1) is 19.9. The minimum Gasteiger partial charge on any atom is -0.481 e. The van der Waals surface area contributed by atoms with Gasteiger partial charge in [-0.3, -0.25) is 4.79 Å². The number of carbonyl (C=O) groups is 1. The highest BCUT2D eigenvalue weighted by Gasteiger charge is 2.16. The number of sulfonamides is 1. The maximum Gasteiger partial charge on any atom is 0.260 e. The fraction of sp³-hybridized carbons (Fsp3) is 0.316. The highest BCUT2D eigenvalue weighted by molar-refractivity contribution is 7.89. The molecular formula is C19H24N2O4S. The van der Waals surface area contributed by atoms with Gasteiger partial charge < -0.3 is 10.1 Å². The highest BCUT2D eigenvalue weighted by Crippen LogP contribution is 2.14. The van der Waals surface area contributed by atoms with Crippen LogP contribution in [0.15, 0.2) is 53.4 Å². The Kier molecular flexibility index (Phi) is 6.76. The summed E-state index contributed by atoms with van der Waals surface area (Å²) in [4.78, 5) is 12.3. The minimum atomic E-state index is -3.58. The Balaban J connectivity index is 1.78. The summed E-state index contributed by atoms with van der Waals surface area (Å²) in [7, 11) is -3.58. The van der Waals surface area contributed by atoms with Gasteiger partial charge in [0.2, 0.25) is 10.0 Å². The Labute approximate surface area is 154 Å². The van der Waals surface area contributed by atoms with E-state index in [9.17, 15) is 13.2 Å². The topological polar surface area (TPSA) is 84.5 Å². The standard InChI is InChI=1S/C19H24N2O4S/c1-14-7-9-18(10-8-14)26(23,24)21-12-11-20-19(22)16(3)25-17-6-4-5-15(2)13-17/h4-10,13,16,21H,11-12H2,1-3H3,(H,20,22). The van der Waals surface area contributed by atoms with Crippen molar-refractivity contribution in [3.8, 4) is 5.75 Å².